The first-order valence-electron chi connectivity index (χ1n) is 7.97. The molecule has 0 unspecified atom stereocenters. The molecule has 126 valence electrons. The van der Waals surface area contributed by atoms with E-state index in [9.17, 15) is 9.90 Å². The van der Waals surface area contributed by atoms with E-state index in [1.54, 1.807) is 4.90 Å². The molecule has 5 nitrogen and oxygen atoms in total. The number of amides is 1. The maximum atomic E-state index is 12.8. The summed E-state index contributed by atoms with van der Waals surface area (Å²) in [5, 5.41) is 14.7. The second-order valence-electron chi connectivity index (χ2n) is 5.79. The van der Waals surface area contributed by atoms with Crippen LogP contribution in [-0.2, 0) is 13.5 Å². The largest absolute Gasteiger partial charge is 0.395 e. The van der Waals surface area contributed by atoms with Gasteiger partial charge in [-0.15, -0.1) is 11.3 Å². The van der Waals surface area contributed by atoms with Gasteiger partial charge in [0, 0.05) is 25.5 Å². The molecule has 0 aliphatic heterocycles. The zero-order valence-corrected chi connectivity index (χ0v) is 14.7. The average Bonchev–Trinajstić information content (AvgIpc) is 3.14. The Morgan fingerprint density at radius 2 is 2.04 bits per heavy atom. The fourth-order valence-electron chi connectivity index (χ4n) is 2.81. The molecule has 2 heterocycles. The summed E-state index contributed by atoms with van der Waals surface area (Å²) in [6, 6.07) is 12.0. The molecule has 2 aromatic heterocycles. The maximum Gasteiger partial charge on any atom is 0.264 e. The number of hydrogen-bond acceptors (Lipinski definition) is 4. The van der Waals surface area contributed by atoms with Crippen LogP contribution in [0.2, 0.25) is 0 Å². The highest BCUT2D eigenvalue weighted by Crippen LogP contribution is 2.28. The molecule has 0 aliphatic carbocycles. The molecule has 3 aromatic rings. The SMILES string of the molecule is Cc1nn(C)c2sc(C(=O)N(CCO)CCc3ccccc3)cc12. The lowest BCUT2D eigenvalue weighted by Gasteiger charge is -2.21. The highest BCUT2D eigenvalue weighted by atomic mass is 32.1. The van der Waals surface area contributed by atoms with Gasteiger partial charge in [0.25, 0.3) is 5.91 Å². The third-order valence-electron chi connectivity index (χ3n) is 4.08. The van der Waals surface area contributed by atoms with Crippen molar-refractivity contribution in [2.45, 2.75) is 13.3 Å². The second-order valence-corrected chi connectivity index (χ2v) is 6.82. The molecule has 1 N–H and O–H groups in total. The molecule has 1 amide bonds. The number of aromatic nitrogens is 2. The van der Waals surface area contributed by atoms with Gasteiger partial charge in [0.15, 0.2) is 0 Å². The molecule has 0 saturated heterocycles. The predicted molar refractivity (Wildman–Crippen MR) is 96.5 cm³/mol. The predicted octanol–water partition coefficient (Wildman–Crippen LogP) is 2.62. The van der Waals surface area contributed by atoms with Crippen LogP contribution in [0, 0.1) is 6.92 Å². The van der Waals surface area contributed by atoms with Crippen LogP contribution < -0.4 is 0 Å². The second kappa shape index (κ2) is 7.15. The van der Waals surface area contributed by atoms with E-state index in [4.69, 9.17) is 0 Å². The average molecular weight is 343 g/mol. The van der Waals surface area contributed by atoms with E-state index in [0.717, 1.165) is 22.3 Å². The monoisotopic (exact) mass is 343 g/mol. The molecule has 1 aromatic carbocycles. The number of benzene rings is 1. The van der Waals surface area contributed by atoms with Gasteiger partial charge in [0.1, 0.15) is 4.83 Å². The minimum Gasteiger partial charge on any atom is -0.395 e. The van der Waals surface area contributed by atoms with E-state index in [2.05, 4.69) is 17.2 Å². The van der Waals surface area contributed by atoms with Crippen molar-refractivity contribution in [3.8, 4) is 0 Å². The summed E-state index contributed by atoms with van der Waals surface area (Å²) in [6.07, 6.45) is 0.776. The van der Waals surface area contributed by atoms with E-state index in [-0.39, 0.29) is 12.5 Å². The Morgan fingerprint density at radius 1 is 1.29 bits per heavy atom. The lowest BCUT2D eigenvalue weighted by Crippen LogP contribution is -2.34. The van der Waals surface area contributed by atoms with Crippen molar-refractivity contribution in [3.05, 3.63) is 52.5 Å². The van der Waals surface area contributed by atoms with Gasteiger partial charge in [-0.05, 0) is 25.0 Å². The number of carbonyl (C=O) groups is 1. The van der Waals surface area contributed by atoms with Crippen molar-refractivity contribution in [2.75, 3.05) is 19.7 Å². The summed E-state index contributed by atoms with van der Waals surface area (Å²) < 4.78 is 1.81. The van der Waals surface area contributed by atoms with Gasteiger partial charge in [-0.3, -0.25) is 9.48 Å². The first-order valence-corrected chi connectivity index (χ1v) is 8.79. The molecule has 24 heavy (non-hydrogen) atoms. The van der Waals surface area contributed by atoms with Gasteiger partial charge < -0.3 is 10.0 Å². The number of fused-ring (bicyclic) bond motifs is 1. The molecule has 0 saturated carbocycles. The van der Waals surface area contributed by atoms with E-state index in [1.165, 1.54) is 16.9 Å². The van der Waals surface area contributed by atoms with Crippen LogP contribution in [0.25, 0.3) is 10.2 Å². The zero-order chi connectivity index (χ0) is 17.1. The van der Waals surface area contributed by atoms with E-state index in [1.807, 2.05) is 42.9 Å². The van der Waals surface area contributed by atoms with Crippen LogP contribution in [0.5, 0.6) is 0 Å². The molecular formula is C18H21N3O2S. The smallest absolute Gasteiger partial charge is 0.264 e. The minimum absolute atomic E-state index is 0.0272. The van der Waals surface area contributed by atoms with Crippen LogP contribution >= 0.6 is 11.3 Å². The van der Waals surface area contributed by atoms with Gasteiger partial charge in [0.2, 0.25) is 0 Å². The van der Waals surface area contributed by atoms with Crippen molar-refractivity contribution in [1.29, 1.82) is 0 Å². The molecule has 6 heteroatoms. The number of rotatable bonds is 6. The molecule has 0 atom stereocenters. The van der Waals surface area contributed by atoms with Crippen molar-refractivity contribution in [2.24, 2.45) is 7.05 Å². The van der Waals surface area contributed by atoms with Gasteiger partial charge in [-0.1, -0.05) is 30.3 Å². The fraction of sp³-hybridized carbons (Fsp3) is 0.333. The first kappa shape index (κ1) is 16.7. The summed E-state index contributed by atoms with van der Waals surface area (Å²) in [5.41, 5.74) is 2.12. The number of carbonyl (C=O) groups excluding carboxylic acids is 1. The highest BCUT2D eigenvalue weighted by Gasteiger charge is 2.20. The van der Waals surface area contributed by atoms with Crippen molar-refractivity contribution < 1.29 is 9.90 Å². The third-order valence-corrected chi connectivity index (χ3v) is 5.27. The summed E-state index contributed by atoms with van der Waals surface area (Å²) >= 11 is 1.46. The molecule has 0 bridgehead atoms. The summed E-state index contributed by atoms with van der Waals surface area (Å²) in [6.45, 7) is 2.85. The van der Waals surface area contributed by atoms with E-state index >= 15 is 0 Å². The van der Waals surface area contributed by atoms with Crippen LogP contribution in [0.3, 0.4) is 0 Å². The summed E-state index contributed by atoms with van der Waals surface area (Å²) in [5.74, 6) is -0.0272. The summed E-state index contributed by atoms with van der Waals surface area (Å²) in [4.78, 5) is 16.3. The Hall–Kier alpha value is -2.18. The Morgan fingerprint density at radius 3 is 2.71 bits per heavy atom. The van der Waals surface area contributed by atoms with Crippen LogP contribution in [0.4, 0.5) is 0 Å². The van der Waals surface area contributed by atoms with Gasteiger partial charge in [-0.2, -0.15) is 5.10 Å². The Labute approximate surface area is 145 Å². The number of aliphatic hydroxyl groups excluding tert-OH is 1. The van der Waals surface area contributed by atoms with Gasteiger partial charge in [0.05, 0.1) is 17.2 Å². The van der Waals surface area contributed by atoms with Gasteiger partial charge in [-0.25, -0.2) is 0 Å². The fourth-order valence-corrected chi connectivity index (χ4v) is 3.90. The zero-order valence-electron chi connectivity index (χ0n) is 13.9. The number of thiophene rings is 1. The molecule has 0 radical (unpaired) electrons. The number of aryl methyl sites for hydroxylation is 2. The molecule has 0 aliphatic rings. The van der Waals surface area contributed by atoms with Crippen LogP contribution in [0.1, 0.15) is 20.9 Å². The van der Waals surface area contributed by atoms with Crippen molar-refractivity contribution >= 4 is 27.5 Å². The quantitative estimate of drug-likeness (QED) is 0.748. The lowest BCUT2D eigenvalue weighted by atomic mass is 10.1. The molecule has 0 fully saturated rings. The summed E-state index contributed by atoms with van der Waals surface area (Å²) in [7, 11) is 1.89. The number of nitrogens with zero attached hydrogens (tertiary/aromatic N) is 3. The number of hydrogen-bond donors (Lipinski definition) is 1. The molecule has 0 spiro atoms. The third kappa shape index (κ3) is 3.34. The van der Waals surface area contributed by atoms with E-state index in [0.29, 0.717) is 18.0 Å². The number of aliphatic hydroxyl groups is 1. The standard InChI is InChI=1S/C18H21N3O2S/c1-13-15-12-16(24-18(15)20(2)19-13)17(23)21(10-11-22)9-8-14-6-4-3-5-7-14/h3-7,12,22H,8-11H2,1-2H3. The van der Waals surface area contributed by atoms with E-state index < -0.39 is 0 Å². The Balaban J connectivity index is 1.78. The van der Waals surface area contributed by atoms with Crippen molar-refractivity contribution in [1.82, 2.24) is 14.7 Å². The lowest BCUT2D eigenvalue weighted by molar-refractivity contribution is 0.0729. The highest BCUT2D eigenvalue weighted by molar-refractivity contribution is 7.20. The van der Waals surface area contributed by atoms with Crippen LogP contribution in [0.15, 0.2) is 36.4 Å². The van der Waals surface area contributed by atoms with Crippen LogP contribution in [-0.4, -0.2) is 45.4 Å². The Bertz CT molecular complexity index is 804. The van der Waals surface area contributed by atoms with Crippen molar-refractivity contribution in [3.63, 3.8) is 0 Å². The molecule has 3 rings (SSSR count). The maximum absolute atomic E-state index is 12.8. The normalized spacial score (nSPS) is 11.1. The first-order chi connectivity index (χ1) is 11.6. The van der Waals surface area contributed by atoms with Gasteiger partial charge >= 0.3 is 0 Å². The molecular weight excluding hydrogens is 322 g/mol. The topological polar surface area (TPSA) is 58.4 Å². The minimum atomic E-state index is -0.0357. The Kier molecular flexibility index (Phi) is 4.97.